The zero-order valence-electron chi connectivity index (χ0n) is 8.95. The monoisotopic (exact) mass is 221 g/mol. The van der Waals surface area contributed by atoms with E-state index in [9.17, 15) is 4.79 Å². The second-order valence-corrected chi connectivity index (χ2v) is 3.50. The van der Waals surface area contributed by atoms with Crippen molar-refractivity contribution in [1.82, 2.24) is 24.8 Å². The molecule has 0 bridgehead atoms. The highest BCUT2D eigenvalue weighted by molar-refractivity contribution is 5.69. The fourth-order valence-corrected chi connectivity index (χ4v) is 1.46. The first-order valence-electron chi connectivity index (χ1n) is 4.70. The lowest BCUT2D eigenvalue weighted by Gasteiger charge is -1.94. The minimum atomic E-state index is -0.921. The van der Waals surface area contributed by atoms with Crippen LogP contribution in [0.25, 0.3) is 5.69 Å². The van der Waals surface area contributed by atoms with Crippen LogP contribution in [0.2, 0.25) is 0 Å². The molecule has 0 atom stereocenters. The molecule has 7 nitrogen and oxygen atoms in total. The predicted octanol–water partition coefficient (Wildman–Crippen LogP) is -0.0637. The van der Waals surface area contributed by atoms with E-state index in [1.807, 2.05) is 14.0 Å². The third kappa shape index (κ3) is 1.92. The Morgan fingerprint density at radius 3 is 2.81 bits per heavy atom. The van der Waals surface area contributed by atoms with Gasteiger partial charge in [0.1, 0.15) is 5.69 Å². The molecule has 0 fully saturated rings. The van der Waals surface area contributed by atoms with Gasteiger partial charge in [-0.25, -0.2) is 4.68 Å². The number of hydrogen-bond acceptors (Lipinski definition) is 4. The van der Waals surface area contributed by atoms with Crippen LogP contribution < -0.4 is 0 Å². The molecular weight excluding hydrogens is 210 g/mol. The Bertz CT molecular complexity index is 528. The number of carboxylic acid groups (broad SMARTS) is 1. The summed E-state index contributed by atoms with van der Waals surface area (Å²) in [5.74, 6) is -0.921. The van der Waals surface area contributed by atoms with Crippen LogP contribution >= 0.6 is 0 Å². The number of nitrogens with zero attached hydrogens (tertiary/aromatic N) is 5. The quantitative estimate of drug-likeness (QED) is 0.784. The van der Waals surface area contributed by atoms with Crippen LogP contribution in [0.1, 0.15) is 11.4 Å². The molecule has 84 valence electrons. The van der Waals surface area contributed by atoms with E-state index in [4.69, 9.17) is 5.11 Å². The Morgan fingerprint density at radius 1 is 1.50 bits per heavy atom. The number of hydrogen-bond donors (Lipinski definition) is 1. The first kappa shape index (κ1) is 10.3. The van der Waals surface area contributed by atoms with Gasteiger partial charge in [-0.2, -0.15) is 5.10 Å². The molecule has 0 aliphatic carbocycles. The molecule has 2 heterocycles. The first-order valence-corrected chi connectivity index (χ1v) is 4.70. The minimum absolute atomic E-state index is 0.126. The van der Waals surface area contributed by atoms with Crippen LogP contribution in [0.3, 0.4) is 0 Å². The summed E-state index contributed by atoms with van der Waals surface area (Å²) in [7, 11) is 1.81. The summed E-state index contributed by atoms with van der Waals surface area (Å²) < 4.78 is 3.20. The molecule has 16 heavy (non-hydrogen) atoms. The van der Waals surface area contributed by atoms with Gasteiger partial charge in [-0.3, -0.25) is 9.48 Å². The molecule has 0 aromatic carbocycles. The summed E-state index contributed by atoms with van der Waals surface area (Å²) in [4.78, 5) is 10.5. The topological polar surface area (TPSA) is 85.8 Å². The van der Waals surface area contributed by atoms with Gasteiger partial charge in [-0.05, 0) is 6.92 Å². The van der Waals surface area contributed by atoms with E-state index < -0.39 is 5.97 Å². The Balaban J connectivity index is 2.31. The molecule has 2 rings (SSSR count). The number of aromatic nitrogens is 5. The van der Waals surface area contributed by atoms with Gasteiger partial charge in [0, 0.05) is 7.05 Å². The Labute approximate surface area is 91.3 Å². The van der Waals surface area contributed by atoms with Gasteiger partial charge < -0.3 is 5.11 Å². The van der Waals surface area contributed by atoms with Gasteiger partial charge in [-0.15, -0.1) is 5.10 Å². The highest BCUT2D eigenvalue weighted by atomic mass is 16.4. The lowest BCUT2D eigenvalue weighted by Crippen LogP contribution is -1.99. The number of aryl methyl sites for hydroxylation is 2. The summed E-state index contributed by atoms with van der Waals surface area (Å²) in [5, 5.41) is 20.4. The molecule has 0 saturated heterocycles. The minimum Gasteiger partial charge on any atom is -0.481 e. The third-order valence-corrected chi connectivity index (χ3v) is 2.11. The largest absolute Gasteiger partial charge is 0.481 e. The lowest BCUT2D eigenvalue weighted by molar-refractivity contribution is -0.136. The second-order valence-electron chi connectivity index (χ2n) is 3.50. The molecule has 0 spiro atoms. The zero-order valence-corrected chi connectivity index (χ0v) is 8.95. The SMILES string of the molecule is Cc1nn(C)cc1-n1cc(CC(=O)O)nn1. The molecule has 1 N–H and O–H groups in total. The molecule has 0 saturated carbocycles. The van der Waals surface area contributed by atoms with Gasteiger partial charge in [0.25, 0.3) is 0 Å². The Morgan fingerprint density at radius 2 is 2.25 bits per heavy atom. The van der Waals surface area contributed by atoms with Crippen LogP contribution in [0.15, 0.2) is 12.4 Å². The first-order chi connectivity index (χ1) is 7.56. The van der Waals surface area contributed by atoms with E-state index in [0.717, 1.165) is 11.4 Å². The maximum absolute atomic E-state index is 10.5. The van der Waals surface area contributed by atoms with Crippen molar-refractivity contribution in [2.45, 2.75) is 13.3 Å². The third-order valence-electron chi connectivity index (χ3n) is 2.11. The lowest BCUT2D eigenvalue weighted by atomic mass is 10.3. The molecule has 0 radical (unpaired) electrons. The van der Waals surface area contributed by atoms with Crippen LogP contribution in [0, 0.1) is 6.92 Å². The van der Waals surface area contributed by atoms with Crippen LogP contribution in [0.5, 0.6) is 0 Å². The van der Waals surface area contributed by atoms with Gasteiger partial charge in [0.15, 0.2) is 0 Å². The van der Waals surface area contributed by atoms with Gasteiger partial charge in [-0.1, -0.05) is 5.21 Å². The van der Waals surface area contributed by atoms with Gasteiger partial charge in [0.05, 0.1) is 30.2 Å². The molecule has 0 unspecified atom stereocenters. The standard InChI is InChI=1S/C9H11N5O2/c1-6-8(5-13(2)11-6)14-4-7(10-12-14)3-9(15)16/h4-5H,3H2,1-2H3,(H,15,16). The maximum Gasteiger partial charge on any atom is 0.309 e. The van der Waals surface area contributed by atoms with Crippen molar-refractivity contribution in [1.29, 1.82) is 0 Å². The van der Waals surface area contributed by atoms with E-state index in [1.165, 1.54) is 4.68 Å². The van der Waals surface area contributed by atoms with E-state index in [2.05, 4.69) is 15.4 Å². The molecule has 2 aromatic heterocycles. The summed E-state index contributed by atoms with van der Waals surface area (Å²) in [6.45, 7) is 1.86. The highest BCUT2D eigenvalue weighted by Crippen LogP contribution is 2.10. The number of carbonyl (C=O) groups is 1. The van der Waals surface area contributed by atoms with E-state index in [1.54, 1.807) is 17.1 Å². The van der Waals surface area contributed by atoms with Crippen molar-refractivity contribution in [3.8, 4) is 5.69 Å². The Hall–Kier alpha value is -2.18. The van der Waals surface area contributed by atoms with Crippen molar-refractivity contribution >= 4 is 5.97 Å². The van der Waals surface area contributed by atoms with E-state index in [0.29, 0.717) is 5.69 Å². The Kier molecular flexibility index (Phi) is 2.43. The van der Waals surface area contributed by atoms with Crippen molar-refractivity contribution in [3.05, 3.63) is 23.8 Å². The van der Waals surface area contributed by atoms with E-state index >= 15 is 0 Å². The van der Waals surface area contributed by atoms with Crippen molar-refractivity contribution in [2.24, 2.45) is 7.05 Å². The van der Waals surface area contributed by atoms with Crippen molar-refractivity contribution in [3.63, 3.8) is 0 Å². The number of aliphatic carboxylic acids is 1. The second kappa shape index (κ2) is 3.76. The molecule has 7 heteroatoms. The molecule has 0 amide bonds. The summed E-state index contributed by atoms with van der Waals surface area (Å²) >= 11 is 0. The average molecular weight is 221 g/mol. The van der Waals surface area contributed by atoms with Gasteiger partial charge in [0.2, 0.25) is 0 Å². The molecule has 0 aliphatic rings. The zero-order chi connectivity index (χ0) is 11.7. The van der Waals surface area contributed by atoms with Gasteiger partial charge >= 0.3 is 5.97 Å². The van der Waals surface area contributed by atoms with Crippen LogP contribution in [-0.2, 0) is 18.3 Å². The van der Waals surface area contributed by atoms with Crippen molar-refractivity contribution in [2.75, 3.05) is 0 Å². The van der Waals surface area contributed by atoms with Crippen molar-refractivity contribution < 1.29 is 9.90 Å². The fraction of sp³-hybridized carbons (Fsp3) is 0.333. The summed E-state index contributed by atoms with van der Waals surface area (Å²) in [6.07, 6.45) is 3.27. The highest BCUT2D eigenvalue weighted by Gasteiger charge is 2.10. The number of rotatable bonds is 3. The smallest absolute Gasteiger partial charge is 0.309 e. The van der Waals surface area contributed by atoms with Crippen LogP contribution in [0.4, 0.5) is 0 Å². The van der Waals surface area contributed by atoms with Crippen LogP contribution in [-0.4, -0.2) is 35.9 Å². The molecule has 0 aliphatic heterocycles. The molecule has 2 aromatic rings. The average Bonchev–Trinajstić information content (AvgIpc) is 2.72. The normalized spacial score (nSPS) is 10.6. The summed E-state index contributed by atoms with van der Waals surface area (Å²) in [5.41, 5.74) is 2.04. The van der Waals surface area contributed by atoms with E-state index in [-0.39, 0.29) is 6.42 Å². The predicted molar refractivity (Wildman–Crippen MR) is 54.2 cm³/mol. The maximum atomic E-state index is 10.5. The number of carboxylic acids is 1. The molecular formula is C9H11N5O2. The summed E-state index contributed by atoms with van der Waals surface area (Å²) in [6, 6.07) is 0. The fourth-order valence-electron chi connectivity index (χ4n) is 1.46.